The van der Waals surface area contributed by atoms with E-state index in [9.17, 15) is 14.4 Å². The molecule has 3 N–H and O–H groups in total. The van der Waals surface area contributed by atoms with Gasteiger partial charge in [-0.05, 0) is 93.7 Å². The third-order valence-corrected chi connectivity index (χ3v) is 11.3. The molecular formula is C39H46ClN11O4. The highest BCUT2D eigenvalue weighted by Gasteiger charge is 2.29. The molecule has 16 heteroatoms. The number of anilines is 2. The summed E-state index contributed by atoms with van der Waals surface area (Å²) in [5.41, 5.74) is 1.58. The molecule has 3 amide bonds. The lowest BCUT2D eigenvalue weighted by atomic mass is 9.93. The van der Waals surface area contributed by atoms with Gasteiger partial charge in [0.1, 0.15) is 17.9 Å². The van der Waals surface area contributed by atoms with Crippen molar-refractivity contribution in [1.29, 1.82) is 5.26 Å². The van der Waals surface area contributed by atoms with Crippen molar-refractivity contribution in [1.82, 2.24) is 41.2 Å². The first-order valence-electron chi connectivity index (χ1n) is 19.1. The van der Waals surface area contributed by atoms with Crippen LogP contribution >= 0.6 is 11.6 Å². The summed E-state index contributed by atoms with van der Waals surface area (Å²) in [5.74, 6) is 1.87. The Morgan fingerprint density at radius 1 is 0.836 bits per heavy atom. The van der Waals surface area contributed by atoms with Gasteiger partial charge in [0.05, 0.1) is 16.7 Å². The van der Waals surface area contributed by atoms with Crippen molar-refractivity contribution in [2.24, 2.45) is 5.92 Å². The molecule has 4 fully saturated rings. The second-order valence-electron chi connectivity index (χ2n) is 14.7. The van der Waals surface area contributed by atoms with Crippen LogP contribution in [0.2, 0.25) is 5.02 Å². The molecule has 0 spiro atoms. The molecule has 1 saturated carbocycles. The minimum atomic E-state index is -0.602. The first-order valence-corrected chi connectivity index (χ1v) is 19.4. The van der Waals surface area contributed by atoms with E-state index in [0.717, 1.165) is 96.0 Å². The average molecular weight is 768 g/mol. The van der Waals surface area contributed by atoms with E-state index in [-0.39, 0.29) is 29.7 Å². The van der Waals surface area contributed by atoms with Crippen LogP contribution in [0.25, 0.3) is 0 Å². The molecule has 3 aliphatic heterocycles. The maximum Gasteiger partial charge on any atom is 0.272 e. The fraction of sp³-hybridized carbons (Fsp3) is 0.487. The van der Waals surface area contributed by atoms with Gasteiger partial charge in [-0.15, -0.1) is 20.4 Å². The predicted molar refractivity (Wildman–Crippen MR) is 206 cm³/mol. The number of amides is 3. The van der Waals surface area contributed by atoms with E-state index in [4.69, 9.17) is 21.6 Å². The summed E-state index contributed by atoms with van der Waals surface area (Å²) in [6, 6.07) is 13.7. The van der Waals surface area contributed by atoms with E-state index in [1.165, 1.54) is 0 Å². The number of nitrogens with zero attached hydrogens (tertiary/aromatic N) is 8. The van der Waals surface area contributed by atoms with Gasteiger partial charge in [-0.2, -0.15) is 5.26 Å². The number of piperidine rings is 2. The molecule has 1 atom stereocenters. The maximum atomic E-state index is 13.0. The number of aromatic nitrogens is 4. The Morgan fingerprint density at radius 2 is 1.47 bits per heavy atom. The lowest BCUT2D eigenvalue weighted by molar-refractivity contribution is -0.123. The normalized spacial score (nSPS) is 22.4. The second kappa shape index (κ2) is 17.4. The van der Waals surface area contributed by atoms with Crippen molar-refractivity contribution >= 4 is 41.0 Å². The lowest BCUT2D eigenvalue weighted by Gasteiger charge is -2.39. The Morgan fingerprint density at radius 3 is 2.05 bits per heavy atom. The standard InChI is InChI=1S/C39H46ClN11O4/c1-25-2-9-32(37(52)42-25)44-39(54)34-11-13-36(48-46-34)51-20-18-49(19-21-51)24-26-14-16-50(17-15-26)35-12-10-33(45-47-35)38(53)43-28-4-7-29(8-5-28)55-30-6-3-27(23-41)31(40)22-30/h3,6,10-13,22,26,28-29,32H,1-2,4-5,7-9,14-21,24H2,(H,42,52)(H,43,53)(H,44,54). The third-order valence-electron chi connectivity index (χ3n) is 10.9. The van der Waals surface area contributed by atoms with Gasteiger partial charge in [0.15, 0.2) is 23.0 Å². The number of ether oxygens (including phenoxy) is 1. The smallest absolute Gasteiger partial charge is 0.272 e. The van der Waals surface area contributed by atoms with Gasteiger partial charge >= 0.3 is 0 Å². The molecule has 1 unspecified atom stereocenters. The zero-order valence-electron chi connectivity index (χ0n) is 30.8. The van der Waals surface area contributed by atoms with E-state index < -0.39 is 11.9 Å². The maximum absolute atomic E-state index is 13.0. The van der Waals surface area contributed by atoms with Crippen LogP contribution in [0.5, 0.6) is 5.75 Å². The molecule has 288 valence electrons. The second-order valence-corrected chi connectivity index (χ2v) is 15.2. The van der Waals surface area contributed by atoms with Crippen molar-refractivity contribution in [3.05, 3.63) is 76.7 Å². The Kier molecular flexibility index (Phi) is 12.0. The third kappa shape index (κ3) is 9.68. The minimum absolute atomic E-state index is 0.0287. The fourth-order valence-electron chi connectivity index (χ4n) is 7.68. The summed E-state index contributed by atoms with van der Waals surface area (Å²) in [5, 5.41) is 35.1. The van der Waals surface area contributed by atoms with Crippen molar-refractivity contribution in [2.75, 3.05) is 55.6 Å². The number of nitriles is 1. The van der Waals surface area contributed by atoms with Gasteiger partial charge in [-0.1, -0.05) is 18.2 Å². The molecule has 55 heavy (non-hydrogen) atoms. The molecule has 1 aliphatic carbocycles. The highest BCUT2D eigenvalue weighted by molar-refractivity contribution is 6.31. The number of carbonyl (C=O) groups is 3. The van der Waals surface area contributed by atoms with Gasteiger partial charge in [-0.25, -0.2) is 0 Å². The Balaban J connectivity index is 0.789. The molecule has 0 radical (unpaired) electrons. The number of rotatable bonds is 10. The first kappa shape index (κ1) is 38.0. The quantitative estimate of drug-likeness (QED) is 0.274. The number of carbonyl (C=O) groups excluding carboxylic acids is 3. The number of benzene rings is 1. The topological polar surface area (TPSA) is 182 Å². The van der Waals surface area contributed by atoms with Crippen LogP contribution in [0, 0.1) is 17.2 Å². The summed E-state index contributed by atoms with van der Waals surface area (Å²) in [7, 11) is 0. The van der Waals surface area contributed by atoms with Crippen molar-refractivity contribution < 1.29 is 19.1 Å². The van der Waals surface area contributed by atoms with Gasteiger partial charge < -0.3 is 30.5 Å². The number of hydrogen-bond donors (Lipinski definition) is 3. The van der Waals surface area contributed by atoms with Gasteiger partial charge in [0.25, 0.3) is 11.8 Å². The van der Waals surface area contributed by atoms with Crippen molar-refractivity contribution in [3.63, 3.8) is 0 Å². The van der Waals surface area contributed by atoms with Crippen LogP contribution in [-0.4, -0.2) is 107 Å². The molecule has 1 aromatic carbocycles. The van der Waals surface area contributed by atoms with Crippen molar-refractivity contribution in [3.8, 4) is 11.8 Å². The summed E-state index contributed by atoms with van der Waals surface area (Å²) < 4.78 is 6.08. The predicted octanol–water partition coefficient (Wildman–Crippen LogP) is 3.47. The average Bonchev–Trinajstić information content (AvgIpc) is 3.20. The number of halogens is 1. The van der Waals surface area contributed by atoms with Crippen LogP contribution in [0.4, 0.5) is 11.6 Å². The number of nitrogens with one attached hydrogen (secondary N) is 3. The van der Waals surface area contributed by atoms with E-state index in [1.54, 1.807) is 30.3 Å². The highest BCUT2D eigenvalue weighted by atomic mass is 35.5. The number of allylic oxidation sites excluding steroid dienone is 1. The Hall–Kier alpha value is -5.33. The van der Waals surface area contributed by atoms with E-state index in [1.807, 2.05) is 12.1 Å². The zero-order valence-corrected chi connectivity index (χ0v) is 31.5. The van der Waals surface area contributed by atoms with Gasteiger partial charge in [0, 0.05) is 63.6 Å². The zero-order chi connectivity index (χ0) is 38.3. The molecule has 5 heterocycles. The van der Waals surface area contributed by atoms with Crippen molar-refractivity contribution in [2.45, 2.75) is 69.6 Å². The molecule has 4 aliphatic rings. The monoisotopic (exact) mass is 767 g/mol. The molecule has 3 aromatic rings. The first-order chi connectivity index (χ1) is 26.7. The van der Waals surface area contributed by atoms with Crippen LogP contribution in [0.1, 0.15) is 77.9 Å². The Labute approximate surface area is 325 Å². The summed E-state index contributed by atoms with van der Waals surface area (Å²) in [6.45, 7) is 10.1. The SMILES string of the molecule is C=C1CCC(NC(=O)c2ccc(N3CCN(CC4CCN(c5ccc(C(=O)NC6CCC(Oc7ccc(C#N)c(Cl)c7)CC6)nn5)CC4)CC3)nn2)C(=O)N1. The Bertz CT molecular complexity index is 1900. The summed E-state index contributed by atoms with van der Waals surface area (Å²) in [6.07, 6.45) is 6.47. The van der Waals surface area contributed by atoms with Crippen LogP contribution in [0.15, 0.2) is 54.7 Å². The lowest BCUT2D eigenvalue weighted by Crippen LogP contribution is -2.49. The largest absolute Gasteiger partial charge is 0.490 e. The highest BCUT2D eigenvalue weighted by Crippen LogP contribution is 2.28. The molecule has 3 saturated heterocycles. The molecular weight excluding hydrogens is 722 g/mol. The number of piperazine rings is 1. The van der Waals surface area contributed by atoms with Crippen LogP contribution < -0.4 is 30.5 Å². The molecule has 2 aromatic heterocycles. The van der Waals surface area contributed by atoms with Crippen LogP contribution in [0.3, 0.4) is 0 Å². The van der Waals surface area contributed by atoms with Gasteiger partial charge in [0.2, 0.25) is 5.91 Å². The minimum Gasteiger partial charge on any atom is -0.490 e. The van der Waals surface area contributed by atoms with Gasteiger partial charge in [-0.3, -0.25) is 19.3 Å². The molecule has 0 bridgehead atoms. The number of hydrogen-bond acceptors (Lipinski definition) is 12. The van der Waals surface area contributed by atoms with Crippen LogP contribution in [-0.2, 0) is 4.79 Å². The fourth-order valence-corrected chi connectivity index (χ4v) is 7.89. The molecule has 7 rings (SSSR count). The van der Waals surface area contributed by atoms with E-state index in [0.29, 0.717) is 46.5 Å². The summed E-state index contributed by atoms with van der Waals surface area (Å²) >= 11 is 6.14. The van der Waals surface area contributed by atoms with E-state index in [2.05, 4.69) is 63.7 Å². The van der Waals surface area contributed by atoms with E-state index >= 15 is 0 Å². The molecule has 15 nitrogen and oxygen atoms in total. The summed E-state index contributed by atoms with van der Waals surface area (Å²) in [4.78, 5) is 44.7.